The minimum absolute atomic E-state index is 0.412. The second-order valence-electron chi connectivity index (χ2n) is 3.38. The van der Waals surface area contributed by atoms with Crippen LogP contribution in [0, 0.1) is 11.3 Å². The van der Waals surface area contributed by atoms with Crippen LogP contribution in [-0.2, 0) is 6.42 Å². The van der Waals surface area contributed by atoms with E-state index in [1.165, 1.54) is 0 Å². The van der Waals surface area contributed by atoms with E-state index in [1.807, 2.05) is 36.4 Å². The summed E-state index contributed by atoms with van der Waals surface area (Å²) in [6.45, 7) is 0. The van der Waals surface area contributed by atoms with Gasteiger partial charge in [-0.1, -0.05) is 18.2 Å². The monoisotopic (exact) mass is 288 g/mol. The van der Waals surface area contributed by atoms with E-state index in [0.717, 1.165) is 10.2 Å². The van der Waals surface area contributed by atoms with E-state index in [9.17, 15) is 0 Å². The van der Waals surface area contributed by atoms with Crippen LogP contribution in [0.3, 0.4) is 0 Å². The lowest BCUT2D eigenvalue weighted by atomic mass is 10.2. The van der Waals surface area contributed by atoms with E-state index in [2.05, 4.69) is 27.0 Å². The topological polar surface area (TPSA) is 45.9 Å². The molecule has 0 saturated heterocycles. The summed E-state index contributed by atoms with van der Waals surface area (Å²) in [6.07, 6.45) is 0.412. The van der Waals surface area contributed by atoms with E-state index in [0.29, 0.717) is 18.1 Å². The van der Waals surface area contributed by atoms with Crippen molar-refractivity contribution < 1.29 is 4.74 Å². The lowest BCUT2D eigenvalue weighted by Crippen LogP contribution is -1.88. The summed E-state index contributed by atoms with van der Waals surface area (Å²) in [5.41, 5.74) is 0.974. The molecule has 0 aliphatic rings. The highest BCUT2D eigenvalue weighted by molar-refractivity contribution is 9.10. The molecule has 0 atom stereocenters. The first-order chi connectivity index (χ1) is 8.28. The second-order valence-corrected chi connectivity index (χ2v) is 4.19. The van der Waals surface area contributed by atoms with Crippen molar-refractivity contribution in [3.63, 3.8) is 0 Å². The van der Waals surface area contributed by atoms with Gasteiger partial charge in [0.15, 0.2) is 0 Å². The number of benzene rings is 1. The van der Waals surface area contributed by atoms with Crippen molar-refractivity contribution in [1.29, 1.82) is 5.26 Å². The third-order valence-corrected chi connectivity index (χ3v) is 2.56. The Kier molecular flexibility index (Phi) is 3.73. The van der Waals surface area contributed by atoms with Crippen LogP contribution in [0.2, 0.25) is 0 Å². The number of nitrogens with zero attached hydrogens (tertiary/aromatic N) is 2. The highest BCUT2D eigenvalue weighted by Gasteiger charge is 1.99. The Balaban J connectivity index is 2.11. The summed E-state index contributed by atoms with van der Waals surface area (Å²) in [7, 11) is 0. The van der Waals surface area contributed by atoms with Gasteiger partial charge in [-0.3, -0.25) is 0 Å². The molecule has 0 unspecified atom stereocenters. The first-order valence-electron chi connectivity index (χ1n) is 5.04. The maximum atomic E-state index is 8.56. The fraction of sp³-hybridized carbons (Fsp3) is 0.0769. The van der Waals surface area contributed by atoms with Gasteiger partial charge in [-0.05, 0) is 39.7 Å². The summed E-state index contributed by atoms with van der Waals surface area (Å²) in [5.74, 6) is 1.24. The van der Waals surface area contributed by atoms with Gasteiger partial charge in [-0.15, -0.1) is 0 Å². The van der Waals surface area contributed by atoms with Gasteiger partial charge in [0, 0.05) is 6.07 Å². The molecule has 0 saturated carbocycles. The van der Waals surface area contributed by atoms with Crippen molar-refractivity contribution >= 4 is 15.9 Å². The second kappa shape index (κ2) is 5.46. The fourth-order valence-electron chi connectivity index (χ4n) is 1.33. The van der Waals surface area contributed by atoms with E-state index in [-0.39, 0.29) is 0 Å². The third kappa shape index (κ3) is 3.30. The van der Waals surface area contributed by atoms with Gasteiger partial charge >= 0.3 is 0 Å². The van der Waals surface area contributed by atoms with Gasteiger partial charge in [0.1, 0.15) is 10.4 Å². The Morgan fingerprint density at radius 3 is 2.59 bits per heavy atom. The molecule has 2 aromatic rings. The molecule has 0 fully saturated rings. The molecule has 1 heterocycles. The van der Waals surface area contributed by atoms with Gasteiger partial charge in [0.25, 0.3) is 0 Å². The molecule has 2 rings (SSSR count). The van der Waals surface area contributed by atoms with Gasteiger partial charge in [0.2, 0.25) is 5.88 Å². The van der Waals surface area contributed by atoms with E-state index >= 15 is 0 Å². The quantitative estimate of drug-likeness (QED) is 0.809. The third-order valence-electron chi connectivity index (χ3n) is 2.12. The molecule has 4 heteroatoms. The van der Waals surface area contributed by atoms with Crippen LogP contribution in [0.5, 0.6) is 11.6 Å². The molecule has 17 heavy (non-hydrogen) atoms. The summed E-state index contributed by atoms with van der Waals surface area (Å²) >= 11 is 3.28. The van der Waals surface area contributed by atoms with E-state index in [1.54, 1.807) is 6.07 Å². The molecule has 1 aromatic carbocycles. The Morgan fingerprint density at radius 2 is 1.94 bits per heavy atom. The Bertz CT molecular complexity index is 546. The van der Waals surface area contributed by atoms with Gasteiger partial charge in [0.05, 0.1) is 12.5 Å². The van der Waals surface area contributed by atoms with Crippen LogP contribution in [0.25, 0.3) is 0 Å². The maximum Gasteiger partial charge on any atom is 0.220 e. The zero-order valence-corrected chi connectivity index (χ0v) is 10.5. The zero-order chi connectivity index (χ0) is 12.1. The van der Waals surface area contributed by atoms with Crippen molar-refractivity contribution in [2.45, 2.75) is 6.42 Å². The predicted molar refractivity (Wildman–Crippen MR) is 67.8 cm³/mol. The fourth-order valence-corrected chi connectivity index (χ4v) is 1.66. The number of aromatic nitrogens is 1. The first-order valence-corrected chi connectivity index (χ1v) is 5.83. The highest BCUT2D eigenvalue weighted by Crippen LogP contribution is 2.21. The summed E-state index contributed by atoms with van der Waals surface area (Å²) < 4.78 is 6.30. The molecule has 3 nitrogen and oxygen atoms in total. The van der Waals surface area contributed by atoms with Gasteiger partial charge in [-0.2, -0.15) is 5.26 Å². The normalized spacial score (nSPS) is 9.65. The molecule has 0 aliphatic carbocycles. The molecule has 0 amide bonds. The largest absolute Gasteiger partial charge is 0.439 e. The number of ether oxygens (including phenoxy) is 1. The molecule has 0 aliphatic heterocycles. The van der Waals surface area contributed by atoms with E-state index in [4.69, 9.17) is 10.00 Å². The number of rotatable bonds is 3. The first kappa shape index (κ1) is 11.6. The van der Waals surface area contributed by atoms with E-state index < -0.39 is 0 Å². The minimum Gasteiger partial charge on any atom is -0.439 e. The number of hydrogen-bond acceptors (Lipinski definition) is 3. The predicted octanol–water partition coefficient (Wildman–Crippen LogP) is 3.70. The summed E-state index contributed by atoms with van der Waals surface area (Å²) in [4.78, 5) is 4.17. The minimum atomic E-state index is 0.412. The molecule has 84 valence electrons. The number of hydrogen-bond donors (Lipinski definition) is 0. The molecular formula is C13H9BrN2O. The van der Waals surface area contributed by atoms with Crippen molar-refractivity contribution in [2.75, 3.05) is 0 Å². The Hall–Kier alpha value is -1.86. The van der Waals surface area contributed by atoms with Crippen molar-refractivity contribution in [1.82, 2.24) is 4.98 Å². The highest BCUT2D eigenvalue weighted by atomic mass is 79.9. The maximum absolute atomic E-state index is 8.56. The van der Waals surface area contributed by atoms with Crippen LogP contribution in [0.15, 0.2) is 47.1 Å². The molecule has 0 N–H and O–H groups in total. The molecule has 1 aromatic heterocycles. The van der Waals surface area contributed by atoms with Crippen LogP contribution in [-0.4, -0.2) is 4.98 Å². The smallest absolute Gasteiger partial charge is 0.220 e. The average Bonchev–Trinajstić information content (AvgIpc) is 2.32. The van der Waals surface area contributed by atoms with Gasteiger partial charge in [-0.25, -0.2) is 4.98 Å². The van der Waals surface area contributed by atoms with Crippen molar-refractivity contribution in [3.05, 3.63) is 52.6 Å². The van der Waals surface area contributed by atoms with Crippen LogP contribution < -0.4 is 4.74 Å². The van der Waals surface area contributed by atoms with Crippen LogP contribution in [0.1, 0.15) is 5.56 Å². The zero-order valence-electron chi connectivity index (χ0n) is 8.93. The van der Waals surface area contributed by atoms with Gasteiger partial charge < -0.3 is 4.74 Å². The molecule has 0 bridgehead atoms. The lowest BCUT2D eigenvalue weighted by Gasteiger charge is -2.05. The van der Waals surface area contributed by atoms with Crippen LogP contribution in [0.4, 0.5) is 0 Å². The summed E-state index contributed by atoms with van der Waals surface area (Å²) in [5, 5.41) is 8.56. The number of halogens is 1. The van der Waals surface area contributed by atoms with Crippen LogP contribution >= 0.6 is 15.9 Å². The molecule has 0 radical (unpaired) electrons. The number of pyridine rings is 1. The average molecular weight is 289 g/mol. The van der Waals surface area contributed by atoms with Crippen molar-refractivity contribution in [3.8, 4) is 17.7 Å². The SMILES string of the molecule is N#CCc1ccc(Oc2cccc(Br)n2)cc1. The molecular weight excluding hydrogens is 280 g/mol. The Labute approximate surface area is 108 Å². The van der Waals surface area contributed by atoms with Crippen molar-refractivity contribution in [2.24, 2.45) is 0 Å². The number of nitriles is 1. The Morgan fingerprint density at radius 1 is 1.18 bits per heavy atom. The molecule has 0 spiro atoms. The summed E-state index contributed by atoms with van der Waals surface area (Å²) in [6, 6.07) is 15.0. The lowest BCUT2D eigenvalue weighted by molar-refractivity contribution is 0.462. The standard InChI is InChI=1S/C13H9BrN2O/c14-12-2-1-3-13(16-12)17-11-6-4-10(5-7-11)8-9-15/h1-7H,8H2.